The summed E-state index contributed by atoms with van der Waals surface area (Å²) >= 11 is 1.26. The largest absolute Gasteiger partial charge is 0.497 e. The molecule has 4 aromatic rings. The Hall–Kier alpha value is -3.67. The second-order valence-electron chi connectivity index (χ2n) is 9.04. The standard InChI is InChI=1S/C28H29N5O4S2/c1-37-24-12-8-11-23(19-24)33-27(30-31-28(33)38-20-26(34)29-22-9-4-2-5-10-22)21-13-15-25(16-14-21)39(35,36)32-17-6-3-7-18-32/h2,4-5,8-16,19H,3,6-7,17-18,20H2,1H3,(H,29,34). The van der Waals surface area contributed by atoms with E-state index in [9.17, 15) is 13.2 Å². The number of ether oxygens (including phenoxy) is 1. The van der Waals surface area contributed by atoms with Gasteiger partial charge in [-0.25, -0.2) is 8.42 Å². The van der Waals surface area contributed by atoms with E-state index in [1.54, 1.807) is 35.7 Å². The van der Waals surface area contributed by atoms with Crippen molar-refractivity contribution in [3.63, 3.8) is 0 Å². The maximum atomic E-state index is 13.1. The fourth-order valence-electron chi connectivity index (χ4n) is 4.41. The van der Waals surface area contributed by atoms with E-state index < -0.39 is 10.0 Å². The van der Waals surface area contributed by atoms with Crippen molar-refractivity contribution in [2.75, 3.05) is 31.3 Å². The number of hydrogen-bond donors (Lipinski definition) is 1. The normalized spacial score (nSPS) is 14.2. The first-order chi connectivity index (χ1) is 19.0. The van der Waals surface area contributed by atoms with Crippen LogP contribution in [-0.2, 0) is 14.8 Å². The number of anilines is 1. The van der Waals surface area contributed by atoms with E-state index in [0.29, 0.717) is 35.4 Å². The molecule has 3 aromatic carbocycles. The van der Waals surface area contributed by atoms with Gasteiger partial charge in [0.25, 0.3) is 0 Å². The molecule has 0 unspecified atom stereocenters. The van der Waals surface area contributed by atoms with Crippen molar-refractivity contribution in [2.45, 2.75) is 29.3 Å². The van der Waals surface area contributed by atoms with E-state index in [4.69, 9.17) is 4.74 Å². The first kappa shape index (κ1) is 26.9. The van der Waals surface area contributed by atoms with Gasteiger partial charge in [-0.1, -0.05) is 42.4 Å². The Morgan fingerprint density at radius 1 is 0.949 bits per heavy atom. The third-order valence-electron chi connectivity index (χ3n) is 6.40. The minimum atomic E-state index is -3.55. The summed E-state index contributed by atoms with van der Waals surface area (Å²) in [5.41, 5.74) is 2.17. The van der Waals surface area contributed by atoms with Crippen LogP contribution in [-0.4, -0.2) is 59.3 Å². The number of nitrogens with zero attached hydrogens (tertiary/aromatic N) is 4. The highest BCUT2D eigenvalue weighted by Gasteiger charge is 2.26. The van der Waals surface area contributed by atoms with Gasteiger partial charge in [-0.05, 0) is 61.4 Å². The fourth-order valence-corrected chi connectivity index (χ4v) is 6.68. The summed E-state index contributed by atoms with van der Waals surface area (Å²) < 4.78 is 35.0. The molecule has 0 spiro atoms. The number of piperidine rings is 1. The van der Waals surface area contributed by atoms with Crippen LogP contribution in [0.1, 0.15) is 19.3 Å². The second kappa shape index (κ2) is 12.0. The number of thioether (sulfide) groups is 1. The molecule has 0 radical (unpaired) electrons. The van der Waals surface area contributed by atoms with Crippen LogP contribution in [0.3, 0.4) is 0 Å². The first-order valence-corrected chi connectivity index (χ1v) is 15.1. The highest BCUT2D eigenvalue weighted by Crippen LogP contribution is 2.31. The highest BCUT2D eigenvalue weighted by molar-refractivity contribution is 7.99. The van der Waals surface area contributed by atoms with Crippen molar-refractivity contribution in [1.82, 2.24) is 19.1 Å². The van der Waals surface area contributed by atoms with Crippen LogP contribution in [0.4, 0.5) is 5.69 Å². The third kappa shape index (κ3) is 6.16. The van der Waals surface area contributed by atoms with Crippen LogP contribution in [0.25, 0.3) is 17.1 Å². The van der Waals surface area contributed by atoms with Crippen molar-refractivity contribution in [1.29, 1.82) is 0 Å². The minimum absolute atomic E-state index is 0.129. The number of hydrogen-bond acceptors (Lipinski definition) is 7. The Morgan fingerprint density at radius 2 is 1.69 bits per heavy atom. The molecule has 0 atom stereocenters. The lowest BCUT2D eigenvalue weighted by Gasteiger charge is -2.25. The van der Waals surface area contributed by atoms with Gasteiger partial charge in [-0.15, -0.1) is 10.2 Å². The molecule has 2 heterocycles. The van der Waals surface area contributed by atoms with Crippen molar-refractivity contribution < 1.29 is 17.9 Å². The second-order valence-corrected chi connectivity index (χ2v) is 11.9. The molecule has 202 valence electrons. The molecule has 1 amide bonds. The summed E-state index contributed by atoms with van der Waals surface area (Å²) in [7, 11) is -1.95. The van der Waals surface area contributed by atoms with E-state index in [1.807, 2.05) is 59.2 Å². The number of benzene rings is 3. The van der Waals surface area contributed by atoms with Gasteiger partial charge in [-0.2, -0.15) is 4.31 Å². The maximum Gasteiger partial charge on any atom is 0.243 e. The van der Waals surface area contributed by atoms with Gasteiger partial charge >= 0.3 is 0 Å². The predicted octanol–water partition coefficient (Wildman–Crippen LogP) is 4.85. The fraction of sp³-hybridized carbons (Fsp3) is 0.250. The third-order valence-corrected chi connectivity index (χ3v) is 9.24. The summed E-state index contributed by atoms with van der Waals surface area (Å²) in [4.78, 5) is 12.9. The van der Waals surface area contributed by atoms with Crippen LogP contribution in [0, 0.1) is 0 Å². The molecule has 11 heteroatoms. The predicted molar refractivity (Wildman–Crippen MR) is 152 cm³/mol. The van der Waals surface area contributed by atoms with E-state index in [-0.39, 0.29) is 16.6 Å². The molecule has 39 heavy (non-hydrogen) atoms. The molecule has 1 aromatic heterocycles. The summed E-state index contributed by atoms with van der Waals surface area (Å²) in [6.07, 6.45) is 2.81. The van der Waals surface area contributed by atoms with Crippen LogP contribution in [0.2, 0.25) is 0 Å². The maximum absolute atomic E-state index is 13.1. The van der Waals surface area contributed by atoms with E-state index in [2.05, 4.69) is 15.5 Å². The number of aromatic nitrogens is 3. The molecule has 0 bridgehead atoms. The number of sulfonamides is 1. The highest BCUT2D eigenvalue weighted by atomic mass is 32.2. The summed E-state index contributed by atoms with van der Waals surface area (Å²) in [5.74, 6) is 1.15. The molecule has 1 saturated heterocycles. The van der Waals surface area contributed by atoms with Crippen LogP contribution >= 0.6 is 11.8 Å². The molecule has 1 fully saturated rings. The number of para-hydroxylation sites is 1. The molecule has 0 aliphatic carbocycles. The molecule has 1 aliphatic rings. The zero-order valence-corrected chi connectivity index (χ0v) is 23.1. The molecule has 9 nitrogen and oxygen atoms in total. The van der Waals surface area contributed by atoms with Gasteiger partial charge in [0.1, 0.15) is 5.75 Å². The lowest BCUT2D eigenvalue weighted by Crippen LogP contribution is -2.35. The number of carbonyl (C=O) groups is 1. The summed E-state index contributed by atoms with van der Waals surface area (Å²) in [6.45, 7) is 1.10. The Labute approximate surface area is 232 Å². The van der Waals surface area contributed by atoms with Crippen LogP contribution < -0.4 is 10.1 Å². The van der Waals surface area contributed by atoms with Crippen LogP contribution in [0.5, 0.6) is 5.75 Å². The van der Waals surface area contributed by atoms with Gasteiger partial charge in [-0.3, -0.25) is 9.36 Å². The van der Waals surface area contributed by atoms with Gasteiger partial charge in [0, 0.05) is 30.4 Å². The van der Waals surface area contributed by atoms with Gasteiger partial charge in [0.05, 0.1) is 23.4 Å². The Morgan fingerprint density at radius 3 is 2.41 bits per heavy atom. The van der Waals surface area contributed by atoms with Gasteiger partial charge in [0.15, 0.2) is 11.0 Å². The zero-order valence-electron chi connectivity index (χ0n) is 21.5. The van der Waals surface area contributed by atoms with Gasteiger partial charge in [0.2, 0.25) is 15.9 Å². The first-order valence-electron chi connectivity index (χ1n) is 12.6. The topological polar surface area (TPSA) is 106 Å². The quantitative estimate of drug-likeness (QED) is 0.290. The lowest BCUT2D eigenvalue weighted by atomic mass is 10.2. The SMILES string of the molecule is COc1cccc(-n2c(SCC(=O)Nc3ccccc3)nnc2-c2ccc(S(=O)(=O)N3CCCCC3)cc2)c1. The monoisotopic (exact) mass is 563 g/mol. The van der Waals surface area contributed by atoms with Crippen molar-refractivity contribution in [2.24, 2.45) is 0 Å². The van der Waals surface area contributed by atoms with Crippen LogP contribution in [0.15, 0.2) is 88.9 Å². The number of amides is 1. The number of rotatable bonds is 9. The van der Waals surface area contributed by atoms with E-state index >= 15 is 0 Å². The van der Waals surface area contributed by atoms with Crippen molar-refractivity contribution >= 4 is 33.4 Å². The average Bonchev–Trinajstić information content (AvgIpc) is 3.41. The minimum Gasteiger partial charge on any atom is -0.497 e. The average molecular weight is 564 g/mol. The Bertz CT molecular complexity index is 1530. The lowest BCUT2D eigenvalue weighted by molar-refractivity contribution is -0.113. The summed E-state index contributed by atoms with van der Waals surface area (Å²) in [5, 5.41) is 12.2. The molecule has 0 saturated carbocycles. The molecular weight excluding hydrogens is 534 g/mol. The zero-order chi connectivity index (χ0) is 27.2. The summed E-state index contributed by atoms with van der Waals surface area (Å²) in [6, 6.07) is 23.4. The Kier molecular flexibility index (Phi) is 8.30. The smallest absolute Gasteiger partial charge is 0.243 e. The van der Waals surface area contributed by atoms with Crippen molar-refractivity contribution in [3.8, 4) is 22.8 Å². The number of nitrogens with one attached hydrogen (secondary N) is 1. The molecule has 1 aliphatic heterocycles. The van der Waals surface area contributed by atoms with Gasteiger partial charge < -0.3 is 10.1 Å². The Balaban J connectivity index is 1.43. The number of carbonyl (C=O) groups excluding carboxylic acids is 1. The number of methoxy groups -OCH3 is 1. The molecule has 5 rings (SSSR count). The molecular formula is C28H29N5O4S2. The molecule has 1 N–H and O–H groups in total. The van der Waals surface area contributed by atoms with Crippen molar-refractivity contribution in [3.05, 3.63) is 78.9 Å². The van der Waals surface area contributed by atoms with E-state index in [1.165, 1.54) is 11.8 Å². The van der Waals surface area contributed by atoms with E-state index in [0.717, 1.165) is 30.6 Å².